The standard InChI is InChI=1S/C13H18N4O2S/c1-11(8-17-6-5-15-10-17)16-20(18,19)9-12-3-2-4-13(14)7-12/h2-7,10-11,16H,8-9,14H2,1H3. The van der Waals surface area contributed by atoms with Gasteiger partial charge in [0.15, 0.2) is 0 Å². The van der Waals surface area contributed by atoms with E-state index >= 15 is 0 Å². The summed E-state index contributed by atoms with van der Waals surface area (Å²) in [6, 6.07) is 6.67. The molecule has 0 saturated carbocycles. The molecular weight excluding hydrogens is 276 g/mol. The predicted molar refractivity (Wildman–Crippen MR) is 78.3 cm³/mol. The molecule has 1 aromatic carbocycles. The molecule has 1 atom stereocenters. The SMILES string of the molecule is CC(Cn1ccnc1)NS(=O)(=O)Cc1cccc(N)c1. The van der Waals surface area contributed by atoms with Crippen LogP contribution < -0.4 is 10.5 Å². The number of sulfonamides is 1. The number of nitrogens with one attached hydrogen (secondary N) is 1. The first-order valence-corrected chi connectivity index (χ1v) is 7.90. The molecule has 0 spiro atoms. The largest absolute Gasteiger partial charge is 0.399 e. The zero-order chi connectivity index (χ0) is 14.6. The molecule has 0 bridgehead atoms. The fraction of sp³-hybridized carbons (Fsp3) is 0.308. The first-order valence-electron chi connectivity index (χ1n) is 6.25. The van der Waals surface area contributed by atoms with Crippen LogP contribution in [0.25, 0.3) is 0 Å². The maximum atomic E-state index is 12.1. The molecule has 3 N–H and O–H groups in total. The van der Waals surface area contributed by atoms with Crippen molar-refractivity contribution in [1.29, 1.82) is 0 Å². The average Bonchev–Trinajstić information content (AvgIpc) is 2.79. The summed E-state index contributed by atoms with van der Waals surface area (Å²) in [4.78, 5) is 3.92. The highest BCUT2D eigenvalue weighted by atomic mass is 32.2. The highest BCUT2D eigenvalue weighted by molar-refractivity contribution is 7.88. The average molecular weight is 294 g/mol. The fourth-order valence-electron chi connectivity index (χ4n) is 2.00. The second-order valence-electron chi connectivity index (χ2n) is 4.78. The van der Waals surface area contributed by atoms with Crippen molar-refractivity contribution >= 4 is 15.7 Å². The summed E-state index contributed by atoms with van der Waals surface area (Å²) >= 11 is 0. The Morgan fingerprint density at radius 3 is 2.90 bits per heavy atom. The minimum absolute atomic E-state index is 0.0771. The van der Waals surface area contributed by atoms with E-state index in [9.17, 15) is 8.42 Å². The van der Waals surface area contributed by atoms with E-state index in [-0.39, 0.29) is 11.8 Å². The van der Waals surface area contributed by atoms with Crippen molar-refractivity contribution in [2.75, 3.05) is 5.73 Å². The van der Waals surface area contributed by atoms with Crippen LogP contribution in [0.15, 0.2) is 43.0 Å². The van der Waals surface area contributed by atoms with E-state index < -0.39 is 10.0 Å². The van der Waals surface area contributed by atoms with Crippen molar-refractivity contribution in [3.63, 3.8) is 0 Å². The van der Waals surface area contributed by atoms with Gasteiger partial charge in [0.1, 0.15) is 0 Å². The minimum atomic E-state index is -3.39. The predicted octanol–water partition coefficient (Wildman–Crippen LogP) is 0.973. The van der Waals surface area contributed by atoms with E-state index in [1.165, 1.54) is 0 Å². The van der Waals surface area contributed by atoms with Crippen LogP contribution in [-0.4, -0.2) is 24.0 Å². The number of nitrogen functional groups attached to an aromatic ring is 1. The lowest BCUT2D eigenvalue weighted by Crippen LogP contribution is -2.36. The number of aromatic nitrogens is 2. The van der Waals surface area contributed by atoms with Crippen molar-refractivity contribution in [2.24, 2.45) is 0 Å². The van der Waals surface area contributed by atoms with Crippen molar-refractivity contribution in [3.8, 4) is 0 Å². The topological polar surface area (TPSA) is 90.0 Å². The van der Waals surface area contributed by atoms with Crippen molar-refractivity contribution in [2.45, 2.75) is 25.3 Å². The number of anilines is 1. The van der Waals surface area contributed by atoms with Gasteiger partial charge in [-0.15, -0.1) is 0 Å². The molecule has 0 aliphatic carbocycles. The maximum absolute atomic E-state index is 12.1. The van der Waals surface area contributed by atoms with Gasteiger partial charge in [0.2, 0.25) is 10.0 Å². The van der Waals surface area contributed by atoms with E-state index in [0.717, 1.165) is 0 Å². The summed E-state index contributed by atoms with van der Waals surface area (Å²) in [6.07, 6.45) is 5.11. The lowest BCUT2D eigenvalue weighted by atomic mass is 10.2. The zero-order valence-corrected chi connectivity index (χ0v) is 12.0. The molecular formula is C13H18N4O2S. The second-order valence-corrected chi connectivity index (χ2v) is 6.54. The number of hydrogen-bond donors (Lipinski definition) is 2. The summed E-state index contributed by atoms with van der Waals surface area (Å²) in [5.74, 6) is -0.0771. The van der Waals surface area contributed by atoms with Gasteiger partial charge in [0.05, 0.1) is 12.1 Å². The van der Waals surface area contributed by atoms with Gasteiger partial charge < -0.3 is 10.3 Å². The van der Waals surface area contributed by atoms with Gasteiger partial charge in [-0.3, -0.25) is 0 Å². The quantitative estimate of drug-likeness (QED) is 0.777. The Morgan fingerprint density at radius 2 is 2.25 bits per heavy atom. The molecule has 2 aromatic rings. The molecule has 0 amide bonds. The highest BCUT2D eigenvalue weighted by Gasteiger charge is 2.15. The molecule has 0 aliphatic heterocycles. The van der Waals surface area contributed by atoms with Gasteiger partial charge >= 0.3 is 0 Å². The van der Waals surface area contributed by atoms with E-state index in [4.69, 9.17) is 5.73 Å². The van der Waals surface area contributed by atoms with Crippen molar-refractivity contribution in [3.05, 3.63) is 48.5 Å². The molecule has 1 heterocycles. The van der Waals surface area contributed by atoms with Crippen molar-refractivity contribution < 1.29 is 8.42 Å². The number of nitrogens with zero attached hydrogens (tertiary/aromatic N) is 2. The van der Waals surface area contributed by atoms with Gasteiger partial charge in [-0.2, -0.15) is 0 Å². The van der Waals surface area contributed by atoms with Crippen LogP contribution in [0.4, 0.5) is 5.69 Å². The molecule has 0 fully saturated rings. The Kier molecular flexibility index (Phi) is 4.41. The number of nitrogens with two attached hydrogens (primary N) is 1. The molecule has 1 aromatic heterocycles. The molecule has 7 heteroatoms. The molecule has 1 unspecified atom stereocenters. The van der Waals surface area contributed by atoms with Gasteiger partial charge in [-0.1, -0.05) is 12.1 Å². The number of benzene rings is 1. The Labute approximate surface area is 118 Å². The summed E-state index contributed by atoms with van der Waals surface area (Å²) in [7, 11) is -3.39. The van der Waals surface area contributed by atoms with E-state index in [0.29, 0.717) is 17.8 Å². The Hall–Kier alpha value is -1.86. The first kappa shape index (κ1) is 14.5. The van der Waals surface area contributed by atoms with Crippen LogP contribution >= 0.6 is 0 Å². The van der Waals surface area contributed by atoms with Crippen LogP contribution in [0.3, 0.4) is 0 Å². The Bertz CT molecular complexity index is 653. The molecule has 0 aliphatic rings. The number of imidazole rings is 1. The molecule has 108 valence electrons. The van der Waals surface area contributed by atoms with E-state index in [2.05, 4.69) is 9.71 Å². The molecule has 0 saturated heterocycles. The fourth-order valence-corrected chi connectivity index (χ4v) is 3.39. The van der Waals surface area contributed by atoms with E-state index in [1.807, 2.05) is 11.5 Å². The summed E-state index contributed by atoms with van der Waals surface area (Å²) in [5.41, 5.74) is 6.88. The number of rotatable bonds is 6. The summed E-state index contributed by atoms with van der Waals surface area (Å²) in [6.45, 7) is 2.35. The van der Waals surface area contributed by atoms with E-state index in [1.54, 1.807) is 43.0 Å². The zero-order valence-electron chi connectivity index (χ0n) is 11.2. The third-order valence-corrected chi connectivity index (χ3v) is 4.21. The molecule has 6 nitrogen and oxygen atoms in total. The third-order valence-electron chi connectivity index (χ3n) is 2.73. The monoisotopic (exact) mass is 294 g/mol. The third kappa shape index (κ3) is 4.36. The molecule has 2 rings (SSSR count). The van der Waals surface area contributed by atoms with Crippen LogP contribution in [0.2, 0.25) is 0 Å². The van der Waals surface area contributed by atoms with Gasteiger partial charge in [0, 0.05) is 30.7 Å². The lowest BCUT2D eigenvalue weighted by Gasteiger charge is -2.14. The van der Waals surface area contributed by atoms with Crippen LogP contribution in [-0.2, 0) is 22.3 Å². The minimum Gasteiger partial charge on any atom is -0.399 e. The first-order chi connectivity index (χ1) is 9.44. The lowest BCUT2D eigenvalue weighted by molar-refractivity contribution is 0.520. The molecule has 0 radical (unpaired) electrons. The smallest absolute Gasteiger partial charge is 0.216 e. The highest BCUT2D eigenvalue weighted by Crippen LogP contribution is 2.10. The maximum Gasteiger partial charge on any atom is 0.216 e. The Morgan fingerprint density at radius 1 is 1.45 bits per heavy atom. The van der Waals surface area contributed by atoms with Crippen LogP contribution in [0.5, 0.6) is 0 Å². The normalized spacial score (nSPS) is 13.2. The molecule has 20 heavy (non-hydrogen) atoms. The number of hydrogen-bond acceptors (Lipinski definition) is 4. The van der Waals surface area contributed by atoms with Gasteiger partial charge in [-0.05, 0) is 24.6 Å². The van der Waals surface area contributed by atoms with Crippen LogP contribution in [0, 0.1) is 0 Å². The van der Waals surface area contributed by atoms with Gasteiger partial charge in [0.25, 0.3) is 0 Å². The summed E-state index contributed by atoms with van der Waals surface area (Å²) < 4.78 is 28.6. The summed E-state index contributed by atoms with van der Waals surface area (Å²) in [5, 5.41) is 0. The van der Waals surface area contributed by atoms with Crippen molar-refractivity contribution in [1.82, 2.24) is 14.3 Å². The van der Waals surface area contributed by atoms with Crippen LogP contribution in [0.1, 0.15) is 12.5 Å². The second kappa shape index (κ2) is 6.06. The Balaban J connectivity index is 1.96. The van der Waals surface area contributed by atoms with Gasteiger partial charge in [-0.25, -0.2) is 18.1 Å².